The minimum absolute atomic E-state index is 0.520. The number of nitrogens with one attached hydrogen (secondary N) is 1. The standard InChI is InChI=1S/C17H33NS/c1-16(2)14-9-10-17(3,13-14)15(16)18-11-7-5-6-8-12-19-4/h14-15,18H,5-13H2,1-4H3. The van der Waals surface area contributed by atoms with Crippen molar-refractivity contribution < 1.29 is 0 Å². The van der Waals surface area contributed by atoms with Crippen LogP contribution in [0, 0.1) is 16.7 Å². The van der Waals surface area contributed by atoms with Gasteiger partial charge in [-0.05, 0) is 67.4 Å². The van der Waals surface area contributed by atoms with E-state index in [0.29, 0.717) is 10.8 Å². The average molecular weight is 284 g/mol. The van der Waals surface area contributed by atoms with Gasteiger partial charge in [0.25, 0.3) is 0 Å². The first-order valence-corrected chi connectivity index (χ1v) is 9.62. The van der Waals surface area contributed by atoms with E-state index in [1.807, 2.05) is 11.8 Å². The molecule has 112 valence electrons. The second kappa shape index (κ2) is 6.39. The molecule has 3 unspecified atom stereocenters. The van der Waals surface area contributed by atoms with Gasteiger partial charge in [-0.15, -0.1) is 0 Å². The molecule has 0 heterocycles. The highest BCUT2D eigenvalue weighted by Gasteiger charge is 2.58. The molecule has 0 aromatic rings. The van der Waals surface area contributed by atoms with Crippen LogP contribution in [0.3, 0.4) is 0 Å². The van der Waals surface area contributed by atoms with Crippen LogP contribution in [-0.2, 0) is 0 Å². The maximum atomic E-state index is 3.93. The van der Waals surface area contributed by atoms with Crippen molar-refractivity contribution in [2.45, 2.75) is 71.8 Å². The highest BCUT2D eigenvalue weighted by molar-refractivity contribution is 7.98. The average Bonchev–Trinajstić information content (AvgIpc) is 2.83. The molecule has 2 rings (SSSR count). The SMILES string of the molecule is CSCCCCCCNC1C2(C)CCC(C2)C1(C)C. The van der Waals surface area contributed by atoms with Crippen LogP contribution < -0.4 is 5.32 Å². The number of hydrogen-bond acceptors (Lipinski definition) is 2. The Balaban J connectivity index is 1.68. The van der Waals surface area contributed by atoms with Gasteiger partial charge in [-0.1, -0.05) is 33.6 Å². The molecule has 2 bridgehead atoms. The molecule has 0 saturated heterocycles. The summed E-state index contributed by atoms with van der Waals surface area (Å²) in [6.07, 6.45) is 12.2. The second-order valence-corrected chi connectivity index (χ2v) is 8.69. The van der Waals surface area contributed by atoms with E-state index in [-0.39, 0.29) is 0 Å². The molecule has 3 atom stereocenters. The highest BCUT2D eigenvalue weighted by atomic mass is 32.2. The van der Waals surface area contributed by atoms with Gasteiger partial charge in [0.15, 0.2) is 0 Å². The van der Waals surface area contributed by atoms with Crippen LogP contribution in [0.5, 0.6) is 0 Å². The molecule has 19 heavy (non-hydrogen) atoms. The van der Waals surface area contributed by atoms with Gasteiger partial charge >= 0.3 is 0 Å². The van der Waals surface area contributed by atoms with Crippen molar-refractivity contribution in [1.82, 2.24) is 5.32 Å². The lowest BCUT2D eigenvalue weighted by atomic mass is 9.68. The number of unbranched alkanes of at least 4 members (excludes halogenated alkanes) is 3. The first kappa shape index (κ1) is 15.7. The Kier molecular flexibility index (Phi) is 5.28. The Bertz CT molecular complexity index is 284. The fourth-order valence-electron chi connectivity index (χ4n) is 4.78. The number of thioether (sulfide) groups is 1. The van der Waals surface area contributed by atoms with Gasteiger partial charge in [-0.25, -0.2) is 0 Å². The van der Waals surface area contributed by atoms with Gasteiger partial charge in [0.05, 0.1) is 0 Å². The van der Waals surface area contributed by atoms with Gasteiger partial charge in [0.2, 0.25) is 0 Å². The summed E-state index contributed by atoms with van der Waals surface area (Å²) in [5.74, 6) is 2.31. The molecule has 0 radical (unpaired) electrons. The van der Waals surface area contributed by atoms with E-state index in [0.717, 1.165) is 12.0 Å². The third kappa shape index (κ3) is 3.32. The predicted molar refractivity (Wildman–Crippen MR) is 87.9 cm³/mol. The summed E-state index contributed by atoms with van der Waals surface area (Å²) in [5.41, 5.74) is 1.11. The van der Waals surface area contributed by atoms with Crippen molar-refractivity contribution >= 4 is 11.8 Å². The zero-order valence-corrected chi connectivity index (χ0v) is 14.2. The van der Waals surface area contributed by atoms with Gasteiger partial charge in [0, 0.05) is 6.04 Å². The number of hydrogen-bond donors (Lipinski definition) is 1. The monoisotopic (exact) mass is 283 g/mol. The molecule has 0 spiro atoms. The molecule has 1 nitrogen and oxygen atoms in total. The summed E-state index contributed by atoms with van der Waals surface area (Å²) in [6, 6.07) is 0.755. The first-order chi connectivity index (χ1) is 9.00. The third-order valence-corrected chi connectivity index (χ3v) is 6.59. The minimum Gasteiger partial charge on any atom is -0.313 e. The van der Waals surface area contributed by atoms with Crippen LogP contribution in [0.1, 0.15) is 65.7 Å². The summed E-state index contributed by atoms with van der Waals surface area (Å²) < 4.78 is 0. The van der Waals surface area contributed by atoms with Gasteiger partial charge < -0.3 is 5.32 Å². The normalized spacial score (nSPS) is 36.0. The lowest BCUT2D eigenvalue weighted by Gasteiger charge is -2.43. The van der Waals surface area contributed by atoms with Crippen LogP contribution in [0.15, 0.2) is 0 Å². The van der Waals surface area contributed by atoms with Gasteiger partial charge in [-0.2, -0.15) is 11.8 Å². The van der Waals surface area contributed by atoms with Crippen LogP contribution in [0.25, 0.3) is 0 Å². The Morgan fingerprint density at radius 3 is 2.47 bits per heavy atom. The van der Waals surface area contributed by atoms with E-state index < -0.39 is 0 Å². The van der Waals surface area contributed by atoms with Crippen molar-refractivity contribution in [2.75, 3.05) is 18.6 Å². The van der Waals surface area contributed by atoms with E-state index in [9.17, 15) is 0 Å². The van der Waals surface area contributed by atoms with Crippen molar-refractivity contribution in [2.24, 2.45) is 16.7 Å². The molecule has 0 aromatic heterocycles. The van der Waals surface area contributed by atoms with Crippen LogP contribution in [-0.4, -0.2) is 24.6 Å². The summed E-state index contributed by atoms with van der Waals surface area (Å²) in [5, 5.41) is 3.93. The lowest BCUT2D eigenvalue weighted by Crippen LogP contribution is -2.50. The van der Waals surface area contributed by atoms with Crippen LogP contribution in [0.4, 0.5) is 0 Å². The molecule has 1 N–H and O–H groups in total. The largest absolute Gasteiger partial charge is 0.313 e. The summed E-state index contributed by atoms with van der Waals surface area (Å²) in [7, 11) is 0. The fraction of sp³-hybridized carbons (Fsp3) is 1.00. The Morgan fingerprint density at radius 1 is 1.11 bits per heavy atom. The van der Waals surface area contributed by atoms with Gasteiger partial charge in [0.1, 0.15) is 0 Å². The zero-order chi connectivity index (χ0) is 13.9. The third-order valence-electron chi connectivity index (χ3n) is 5.89. The topological polar surface area (TPSA) is 12.0 Å². The predicted octanol–water partition coefficient (Wildman–Crippen LogP) is 4.71. The Labute approximate surface area is 124 Å². The van der Waals surface area contributed by atoms with E-state index in [4.69, 9.17) is 0 Å². The van der Waals surface area contributed by atoms with Crippen molar-refractivity contribution in [1.29, 1.82) is 0 Å². The molecule has 0 aromatic carbocycles. The molecular formula is C17H33NS. The van der Waals surface area contributed by atoms with E-state index >= 15 is 0 Å². The van der Waals surface area contributed by atoms with Crippen molar-refractivity contribution in [3.63, 3.8) is 0 Å². The molecular weight excluding hydrogens is 250 g/mol. The van der Waals surface area contributed by atoms with E-state index in [1.165, 1.54) is 57.2 Å². The van der Waals surface area contributed by atoms with E-state index in [2.05, 4.69) is 32.3 Å². The zero-order valence-electron chi connectivity index (χ0n) is 13.4. The van der Waals surface area contributed by atoms with Crippen molar-refractivity contribution in [3.8, 4) is 0 Å². The second-order valence-electron chi connectivity index (χ2n) is 7.71. The smallest absolute Gasteiger partial charge is 0.0175 e. The summed E-state index contributed by atoms with van der Waals surface area (Å²) >= 11 is 1.98. The molecule has 0 aliphatic heterocycles. The summed E-state index contributed by atoms with van der Waals surface area (Å²) in [6.45, 7) is 8.75. The maximum absolute atomic E-state index is 3.93. The highest BCUT2D eigenvalue weighted by Crippen LogP contribution is 2.62. The molecule has 2 saturated carbocycles. The molecule has 2 heteroatoms. The van der Waals surface area contributed by atoms with Gasteiger partial charge in [-0.3, -0.25) is 0 Å². The molecule has 2 aliphatic carbocycles. The van der Waals surface area contributed by atoms with E-state index in [1.54, 1.807) is 0 Å². The minimum atomic E-state index is 0.520. The van der Waals surface area contributed by atoms with Crippen LogP contribution in [0.2, 0.25) is 0 Å². The van der Waals surface area contributed by atoms with Crippen molar-refractivity contribution in [3.05, 3.63) is 0 Å². The summed E-state index contributed by atoms with van der Waals surface area (Å²) in [4.78, 5) is 0. The van der Waals surface area contributed by atoms with Crippen LogP contribution >= 0.6 is 11.8 Å². The lowest BCUT2D eigenvalue weighted by molar-refractivity contribution is 0.109. The molecule has 2 aliphatic rings. The quantitative estimate of drug-likeness (QED) is 0.647. The molecule has 0 amide bonds. The fourth-order valence-corrected chi connectivity index (χ4v) is 5.28. The Hall–Kier alpha value is 0.310. The first-order valence-electron chi connectivity index (χ1n) is 8.23. The maximum Gasteiger partial charge on any atom is 0.0175 e. The number of rotatable bonds is 8. The number of fused-ring (bicyclic) bond motifs is 2. The molecule has 2 fully saturated rings. The Morgan fingerprint density at radius 2 is 1.84 bits per heavy atom.